The summed E-state index contributed by atoms with van der Waals surface area (Å²) in [5.74, 6) is -4.41. The zero-order chi connectivity index (χ0) is 13.0. The van der Waals surface area contributed by atoms with Crippen LogP contribution in [0.1, 0.15) is 10.4 Å². The average molecular weight is 261 g/mol. The third-order valence-corrected chi connectivity index (χ3v) is 2.33. The lowest BCUT2D eigenvalue weighted by atomic mass is 10.2. The van der Waals surface area contributed by atoms with E-state index < -0.39 is 29.6 Å². The number of carboxylic acid groups (broad SMARTS) is 1. The van der Waals surface area contributed by atoms with Gasteiger partial charge in [0.15, 0.2) is 11.6 Å². The Kier molecular flexibility index (Phi) is 4.45. The van der Waals surface area contributed by atoms with Gasteiger partial charge in [-0.1, -0.05) is 0 Å². The predicted octanol–water partition coefficient (Wildman–Crippen LogP) is 1.08. The molecule has 0 bridgehead atoms. The maximum Gasteiger partial charge on any atom is 0.327 e. The molecule has 0 radical (unpaired) electrons. The van der Waals surface area contributed by atoms with E-state index in [1.807, 2.05) is 0 Å². The number of halogens is 2. The van der Waals surface area contributed by atoms with E-state index in [4.69, 9.17) is 5.11 Å². The second-order valence-electron chi connectivity index (χ2n) is 3.18. The molecular weight excluding hydrogens is 252 g/mol. The Morgan fingerprint density at radius 2 is 2.00 bits per heavy atom. The highest BCUT2D eigenvalue weighted by molar-refractivity contribution is 7.80. The first-order valence-electron chi connectivity index (χ1n) is 4.55. The van der Waals surface area contributed by atoms with Gasteiger partial charge in [-0.25, -0.2) is 13.6 Å². The molecule has 7 heteroatoms. The standard InChI is InChI=1S/C10H9F2NO3S/c11-6-2-1-5(3-7(6)12)9(14)13-8(4-17)10(15)16/h1-3,8,17H,4H2,(H,13,14)(H,15,16). The summed E-state index contributed by atoms with van der Waals surface area (Å²) in [6.07, 6.45) is 0. The number of benzene rings is 1. The largest absolute Gasteiger partial charge is 0.480 e. The summed E-state index contributed by atoms with van der Waals surface area (Å²) in [6.45, 7) is 0. The van der Waals surface area contributed by atoms with Crippen molar-refractivity contribution in [3.05, 3.63) is 35.4 Å². The van der Waals surface area contributed by atoms with E-state index in [-0.39, 0.29) is 11.3 Å². The number of nitrogens with one attached hydrogen (secondary N) is 1. The molecule has 0 saturated carbocycles. The van der Waals surface area contributed by atoms with Gasteiger partial charge in [-0.15, -0.1) is 0 Å². The molecule has 1 aromatic rings. The fourth-order valence-corrected chi connectivity index (χ4v) is 1.31. The topological polar surface area (TPSA) is 66.4 Å². The molecule has 0 heterocycles. The number of aliphatic carboxylic acids is 1. The van der Waals surface area contributed by atoms with Crippen molar-refractivity contribution >= 4 is 24.5 Å². The van der Waals surface area contributed by atoms with Crippen LogP contribution < -0.4 is 5.32 Å². The van der Waals surface area contributed by atoms with E-state index >= 15 is 0 Å². The Morgan fingerprint density at radius 3 is 2.47 bits per heavy atom. The molecule has 92 valence electrons. The number of carbonyl (C=O) groups excluding carboxylic acids is 1. The first-order valence-corrected chi connectivity index (χ1v) is 5.18. The van der Waals surface area contributed by atoms with Crippen molar-refractivity contribution in [2.45, 2.75) is 6.04 Å². The molecule has 0 aliphatic heterocycles. The van der Waals surface area contributed by atoms with Gasteiger partial charge < -0.3 is 10.4 Å². The molecule has 1 unspecified atom stereocenters. The van der Waals surface area contributed by atoms with E-state index in [9.17, 15) is 18.4 Å². The molecule has 0 aromatic heterocycles. The normalized spacial score (nSPS) is 11.9. The average Bonchev–Trinajstić information content (AvgIpc) is 2.28. The van der Waals surface area contributed by atoms with Crippen molar-refractivity contribution in [2.24, 2.45) is 0 Å². The molecule has 4 nitrogen and oxygen atoms in total. The van der Waals surface area contributed by atoms with Gasteiger partial charge >= 0.3 is 5.97 Å². The van der Waals surface area contributed by atoms with Crippen LogP contribution in [0.25, 0.3) is 0 Å². The Bertz CT molecular complexity index is 453. The summed E-state index contributed by atoms with van der Waals surface area (Å²) in [5.41, 5.74) is -0.156. The first-order chi connectivity index (χ1) is 7.95. The summed E-state index contributed by atoms with van der Waals surface area (Å²) >= 11 is 3.75. The lowest BCUT2D eigenvalue weighted by Crippen LogP contribution is -2.42. The van der Waals surface area contributed by atoms with Gasteiger partial charge in [0.05, 0.1) is 0 Å². The van der Waals surface area contributed by atoms with Crippen LogP contribution in [-0.4, -0.2) is 28.8 Å². The summed E-state index contributed by atoms with van der Waals surface area (Å²) in [5, 5.41) is 10.8. The van der Waals surface area contributed by atoms with E-state index in [1.54, 1.807) is 0 Å². The number of thiol groups is 1. The molecule has 2 N–H and O–H groups in total. The molecule has 1 rings (SSSR count). The highest BCUT2D eigenvalue weighted by atomic mass is 32.1. The van der Waals surface area contributed by atoms with E-state index in [0.29, 0.717) is 6.07 Å². The molecule has 17 heavy (non-hydrogen) atoms. The third kappa shape index (κ3) is 3.42. The SMILES string of the molecule is O=C(NC(CS)C(=O)O)c1ccc(F)c(F)c1. The van der Waals surface area contributed by atoms with Gasteiger partial charge in [0.1, 0.15) is 6.04 Å². The Hall–Kier alpha value is -1.63. The van der Waals surface area contributed by atoms with Gasteiger partial charge in [-0.2, -0.15) is 12.6 Å². The third-order valence-electron chi connectivity index (χ3n) is 1.97. The van der Waals surface area contributed by atoms with Gasteiger partial charge in [-0.3, -0.25) is 4.79 Å². The molecule has 1 atom stereocenters. The minimum Gasteiger partial charge on any atom is -0.480 e. The number of rotatable bonds is 4. The Morgan fingerprint density at radius 1 is 1.35 bits per heavy atom. The monoisotopic (exact) mass is 261 g/mol. The van der Waals surface area contributed by atoms with E-state index in [2.05, 4.69) is 17.9 Å². The fraction of sp³-hybridized carbons (Fsp3) is 0.200. The van der Waals surface area contributed by atoms with Gasteiger partial charge in [0, 0.05) is 11.3 Å². The van der Waals surface area contributed by atoms with Crippen LogP contribution in [0.4, 0.5) is 8.78 Å². The summed E-state index contributed by atoms with van der Waals surface area (Å²) < 4.78 is 25.4. The molecular formula is C10H9F2NO3S. The van der Waals surface area contributed by atoms with Crippen LogP contribution in [0.15, 0.2) is 18.2 Å². The molecule has 0 saturated heterocycles. The molecule has 1 amide bonds. The predicted molar refractivity (Wildman–Crippen MR) is 59.1 cm³/mol. The fourth-order valence-electron chi connectivity index (χ4n) is 1.06. The van der Waals surface area contributed by atoms with E-state index in [1.165, 1.54) is 0 Å². The van der Waals surface area contributed by atoms with Gasteiger partial charge in [0.25, 0.3) is 5.91 Å². The van der Waals surface area contributed by atoms with Crippen molar-refractivity contribution < 1.29 is 23.5 Å². The number of hydrogen-bond donors (Lipinski definition) is 3. The highest BCUT2D eigenvalue weighted by Gasteiger charge is 2.19. The van der Waals surface area contributed by atoms with Crippen LogP contribution in [0, 0.1) is 11.6 Å². The molecule has 0 fully saturated rings. The van der Waals surface area contributed by atoms with Crippen molar-refractivity contribution in [2.75, 3.05) is 5.75 Å². The maximum atomic E-state index is 12.8. The molecule has 0 aliphatic carbocycles. The summed E-state index contributed by atoms with van der Waals surface area (Å²) in [6, 6.07) is 1.37. The van der Waals surface area contributed by atoms with Crippen molar-refractivity contribution in [1.29, 1.82) is 0 Å². The van der Waals surface area contributed by atoms with Gasteiger partial charge in [0.2, 0.25) is 0 Å². The second kappa shape index (κ2) is 5.62. The van der Waals surface area contributed by atoms with Crippen LogP contribution in [0.3, 0.4) is 0 Å². The number of carboxylic acids is 1. The number of amides is 1. The van der Waals surface area contributed by atoms with Crippen molar-refractivity contribution in [3.8, 4) is 0 Å². The Labute approximate surface area is 101 Å². The minimum atomic E-state index is -1.25. The number of carbonyl (C=O) groups is 2. The van der Waals surface area contributed by atoms with Crippen LogP contribution >= 0.6 is 12.6 Å². The molecule has 0 aliphatic rings. The second-order valence-corrected chi connectivity index (χ2v) is 3.54. The smallest absolute Gasteiger partial charge is 0.327 e. The first kappa shape index (κ1) is 13.4. The summed E-state index contributed by atoms with van der Waals surface area (Å²) in [4.78, 5) is 22.1. The highest BCUT2D eigenvalue weighted by Crippen LogP contribution is 2.08. The molecule has 0 spiro atoms. The zero-order valence-corrected chi connectivity index (χ0v) is 9.38. The summed E-state index contributed by atoms with van der Waals surface area (Å²) in [7, 11) is 0. The zero-order valence-electron chi connectivity index (χ0n) is 8.48. The lowest BCUT2D eigenvalue weighted by Gasteiger charge is -2.11. The van der Waals surface area contributed by atoms with Gasteiger partial charge in [-0.05, 0) is 18.2 Å². The van der Waals surface area contributed by atoms with Crippen LogP contribution in [-0.2, 0) is 4.79 Å². The van der Waals surface area contributed by atoms with Crippen LogP contribution in [0.2, 0.25) is 0 Å². The lowest BCUT2D eigenvalue weighted by molar-refractivity contribution is -0.138. The maximum absolute atomic E-state index is 12.8. The van der Waals surface area contributed by atoms with Crippen LogP contribution in [0.5, 0.6) is 0 Å². The Balaban J connectivity index is 2.82. The molecule has 1 aromatic carbocycles. The van der Waals surface area contributed by atoms with Crippen molar-refractivity contribution in [1.82, 2.24) is 5.32 Å². The number of hydrogen-bond acceptors (Lipinski definition) is 3. The van der Waals surface area contributed by atoms with Crippen molar-refractivity contribution in [3.63, 3.8) is 0 Å². The van der Waals surface area contributed by atoms with E-state index in [0.717, 1.165) is 12.1 Å². The quantitative estimate of drug-likeness (QED) is 0.710. The minimum absolute atomic E-state index is 0.106.